The van der Waals surface area contributed by atoms with Gasteiger partial charge >= 0.3 is 0 Å². The molecule has 2 heterocycles. The second-order valence-corrected chi connectivity index (χ2v) is 9.13. The zero-order valence-electron chi connectivity index (χ0n) is 19.2. The molecule has 0 fully saturated rings. The zero-order valence-corrected chi connectivity index (χ0v) is 20.1. The second kappa shape index (κ2) is 11.2. The van der Waals surface area contributed by atoms with Crippen LogP contribution in [0.2, 0.25) is 0 Å². The molecule has 0 spiro atoms. The molecule has 2 aromatic carbocycles. The fraction of sp³-hybridized carbons (Fsp3) is 0.346. The van der Waals surface area contributed by atoms with Gasteiger partial charge in [0.15, 0.2) is 0 Å². The topological polar surface area (TPSA) is 59.7 Å². The van der Waals surface area contributed by atoms with Crippen molar-refractivity contribution in [2.45, 2.75) is 52.7 Å². The molecule has 0 aliphatic heterocycles. The Bertz CT molecular complexity index is 1220. The Hall–Kier alpha value is -3.03. The lowest BCUT2D eigenvalue weighted by Gasteiger charge is -2.22. The molecule has 4 rings (SSSR count). The fourth-order valence-electron chi connectivity index (χ4n) is 3.76. The smallest absolute Gasteiger partial charge is 0.275 e. The minimum absolute atomic E-state index is 0.116. The lowest BCUT2D eigenvalue weighted by Crippen LogP contribution is -2.25. The van der Waals surface area contributed by atoms with Crippen molar-refractivity contribution in [1.82, 2.24) is 19.5 Å². The molecule has 0 bridgehead atoms. The van der Waals surface area contributed by atoms with Crippen molar-refractivity contribution in [2.24, 2.45) is 0 Å². The van der Waals surface area contributed by atoms with Crippen molar-refractivity contribution in [3.05, 3.63) is 92.8 Å². The molecule has 172 valence electrons. The van der Waals surface area contributed by atoms with Crippen LogP contribution >= 0.6 is 11.3 Å². The first-order valence-electron chi connectivity index (χ1n) is 11.5. The molecule has 33 heavy (non-hydrogen) atoms. The number of benzene rings is 2. The number of aromatic nitrogens is 3. The summed E-state index contributed by atoms with van der Waals surface area (Å²) >= 11 is 1.52. The van der Waals surface area contributed by atoms with E-state index in [0.29, 0.717) is 18.1 Å². The Kier molecular flexibility index (Phi) is 7.86. The highest BCUT2D eigenvalue weighted by Crippen LogP contribution is 2.18. The summed E-state index contributed by atoms with van der Waals surface area (Å²) in [6.45, 7) is 6.88. The van der Waals surface area contributed by atoms with E-state index in [0.717, 1.165) is 48.8 Å². The molecule has 0 saturated heterocycles. The van der Waals surface area contributed by atoms with Crippen LogP contribution in [0.15, 0.2) is 65.5 Å². The largest absolute Gasteiger partial charge is 0.494 e. The van der Waals surface area contributed by atoms with Crippen molar-refractivity contribution in [1.29, 1.82) is 0 Å². The third-order valence-electron chi connectivity index (χ3n) is 5.36. The number of unbranched alkanes of at least 4 members (excludes halogenated alkanes) is 1. The number of aryl methyl sites for hydroxylation is 1. The first-order chi connectivity index (χ1) is 16.1. The molecule has 7 heteroatoms. The highest BCUT2D eigenvalue weighted by Gasteiger charge is 2.13. The summed E-state index contributed by atoms with van der Waals surface area (Å²) in [7, 11) is 0. The van der Waals surface area contributed by atoms with Crippen LogP contribution in [0.1, 0.15) is 48.5 Å². The molecule has 0 atom stereocenters. The highest BCUT2D eigenvalue weighted by molar-refractivity contribution is 7.16. The van der Waals surface area contributed by atoms with Gasteiger partial charge in [0.1, 0.15) is 10.8 Å². The van der Waals surface area contributed by atoms with Gasteiger partial charge in [-0.15, -0.1) is 0 Å². The van der Waals surface area contributed by atoms with Crippen molar-refractivity contribution >= 4 is 16.3 Å². The molecule has 0 unspecified atom stereocenters. The van der Waals surface area contributed by atoms with Crippen LogP contribution in [-0.4, -0.2) is 26.1 Å². The SMILES string of the molecule is CCCCc1nn2c(=O)cc(CN(Cc3ccccc3)Cc3ccc(OCC)cc3)nc2s1. The average molecular weight is 463 g/mol. The Balaban J connectivity index is 1.57. The van der Waals surface area contributed by atoms with Gasteiger partial charge in [-0.3, -0.25) is 9.69 Å². The lowest BCUT2D eigenvalue weighted by atomic mass is 10.1. The van der Waals surface area contributed by atoms with Gasteiger partial charge in [0.2, 0.25) is 4.96 Å². The maximum Gasteiger partial charge on any atom is 0.275 e. The third-order valence-corrected chi connectivity index (χ3v) is 6.33. The first-order valence-corrected chi connectivity index (χ1v) is 12.3. The van der Waals surface area contributed by atoms with Crippen LogP contribution < -0.4 is 10.3 Å². The predicted octanol–water partition coefficient (Wildman–Crippen LogP) is 5.09. The van der Waals surface area contributed by atoms with E-state index in [1.807, 2.05) is 25.1 Å². The molecule has 0 aliphatic rings. The molecular formula is C26H30N4O2S. The van der Waals surface area contributed by atoms with Crippen LogP contribution in [0.25, 0.3) is 4.96 Å². The summed E-state index contributed by atoms with van der Waals surface area (Å²) in [5, 5.41) is 5.43. The van der Waals surface area contributed by atoms with Crippen LogP contribution in [0.5, 0.6) is 5.75 Å². The molecule has 2 aromatic heterocycles. The average Bonchev–Trinajstić information content (AvgIpc) is 3.23. The minimum Gasteiger partial charge on any atom is -0.494 e. The Morgan fingerprint density at radius 2 is 1.70 bits per heavy atom. The number of fused-ring (bicyclic) bond motifs is 1. The lowest BCUT2D eigenvalue weighted by molar-refractivity contribution is 0.244. The van der Waals surface area contributed by atoms with Crippen molar-refractivity contribution < 1.29 is 4.74 Å². The van der Waals surface area contributed by atoms with Gasteiger partial charge in [-0.25, -0.2) is 4.98 Å². The van der Waals surface area contributed by atoms with Crippen LogP contribution in [0, 0.1) is 0 Å². The number of hydrogen-bond acceptors (Lipinski definition) is 6. The van der Waals surface area contributed by atoms with E-state index in [9.17, 15) is 4.79 Å². The third kappa shape index (κ3) is 6.27. The minimum atomic E-state index is -0.116. The van der Waals surface area contributed by atoms with E-state index in [1.54, 1.807) is 6.07 Å². The molecule has 0 aliphatic carbocycles. The number of nitrogens with zero attached hydrogens (tertiary/aromatic N) is 4. The monoisotopic (exact) mass is 462 g/mol. The molecular weight excluding hydrogens is 432 g/mol. The molecule has 0 amide bonds. The maximum atomic E-state index is 12.7. The van der Waals surface area contributed by atoms with Crippen molar-refractivity contribution in [2.75, 3.05) is 6.61 Å². The van der Waals surface area contributed by atoms with Gasteiger partial charge < -0.3 is 4.74 Å². The van der Waals surface area contributed by atoms with Gasteiger partial charge in [0, 0.05) is 32.1 Å². The van der Waals surface area contributed by atoms with E-state index >= 15 is 0 Å². The summed E-state index contributed by atoms with van der Waals surface area (Å²) in [4.78, 5) is 20.5. The van der Waals surface area contributed by atoms with Crippen LogP contribution in [-0.2, 0) is 26.1 Å². The van der Waals surface area contributed by atoms with Crippen LogP contribution in [0.4, 0.5) is 0 Å². The van der Waals surface area contributed by atoms with Gasteiger partial charge in [-0.1, -0.05) is 67.1 Å². The van der Waals surface area contributed by atoms with Gasteiger partial charge in [0.25, 0.3) is 5.56 Å². The fourth-order valence-corrected chi connectivity index (χ4v) is 4.72. The van der Waals surface area contributed by atoms with Crippen molar-refractivity contribution in [3.8, 4) is 5.75 Å². The van der Waals surface area contributed by atoms with Gasteiger partial charge in [-0.05, 0) is 36.6 Å². The standard InChI is InChI=1S/C26H30N4O2S/c1-3-5-11-24-28-30-25(31)16-22(27-26(30)33-24)19-29(17-20-9-7-6-8-10-20)18-21-12-14-23(15-13-21)32-4-2/h6-10,12-16H,3-5,11,17-19H2,1-2H3. The van der Waals surface area contributed by atoms with Crippen molar-refractivity contribution in [3.63, 3.8) is 0 Å². The summed E-state index contributed by atoms with van der Waals surface area (Å²) in [6, 6.07) is 20.2. The Morgan fingerprint density at radius 3 is 2.39 bits per heavy atom. The number of ether oxygens (including phenoxy) is 1. The normalized spacial score (nSPS) is 11.4. The predicted molar refractivity (Wildman–Crippen MR) is 133 cm³/mol. The molecule has 4 aromatic rings. The summed E-state index contributed by atoms with van der Waals surface area (Å²) in [5.74, 6) is 0.875. The van der Waals surface area contributed by atoms with Gasteiger partial charge in [-0.2, -0.15) is 9.61 Å². The van der Waals surface area contributed by atoms with E-state index < -0.39 is 0 Å². The van der Waals surface area contributed by atoms with E-state index in [2.05, 4.69) is 53.3 Å². The molecule has 0 N–H and O–H groups in total. The quantitative estimate of drug-likeness (QED) is 0.311. The summed E-state index contributed by atoms with van der Waals surface area (Å²) in [5.41, 5.74) is 3.06. The van der Waals surface area contributed by atoms with Gasteiger partial charge in [0.05, 0.1) is 12.3 Å². The molecule has 0 radical (unpaired) electrons. The number of rotatable bonds is 11. The van der Waals surface area contributed by atoms with E-state index in [1.165, 1.54) is 27.0 Å². The Morgan fingerprint density at radius 1 is 0.970 bits per heavy atom. The van der Waals surface area contributed by atoms with Crippen LogP contribution in [0.3, 0.4) is 0 Å². The number of hydrogen-bond donors (Lipinski definition) is 0. The molecule has 6 nitrogen and oxygen atoms in total. The Labute approximate surface area is 198 Å². The first kappa shape index (κ1) is 23.1. The summed E-state index contributed by atoms with van der Waals surface area (Å²) < 4.78 is 7.01. The summed E-state index contributed by atoms with van der Waals surface area (Å²) in [6.07, 6.45) is 3.05. The van der Waals surface area contributed by atoms with E-state index in [4.69, 9.17) is 9.72 Å². The second-order valence-electron chi connectivity index (χ2n) is 8.09. The molecule has 0 saturated carbocycles. The van der Waals surface area contributed by atoms with E-state index in [-0.39, 0.29) is 5.56 Å². The maximum absolute atomic E-state index is 12.7. The zero-order chi connectivity index (χ0) is 23.0. The highest BCUT2D eigenvalue weighted by atomic mass is 32.1.